The Labute approximate surface area is 154 Å². The number of rotatable bonds is 8. The molecule has 0 radical (unpaired) electrons. The second-order valence-electron chi connectivity index (χ2n) is 6.81. The lowest BCUT2D eigenvalue weighted by molar-refractivity contribution is 0.528. The molecule has 1 heterocycles. The molecule has 2 aromatic rings. The molecular weight excluding hydrogens is 331 g/mol. The second-order valence-corrected chi connectivity index (χ2v) is 6.81. The third-order valence-electron chi connectivity index (χ3n) is 4.24. The third-order valence-corrected chi connectivity index (χ3v) is 4.24. The lowest BCUT2D eigenvalue weighted by Crippen LogP contribution is -2.40. The van der Waals surface area contributed by atoms with Crippen LogP contribution in [-0.2, 0) is 18.4 Å². The van der Waals surface area contributed by atoms with Crippen molar-refractivity contribution in [3.63, 3.8) is 0 Å². The van der Waals surface area contributed by atoms with Gasteiger partial charge in [-0.1, -0.05) is 32.9 Å². The van der Waals surface area contributed by atoms with E-state index in [9.17, 15) is 4.39 Å². The smallest absolute Gasteiger partial charge is 0.191 e. The van der Waals surface area contributed by atoms with E-state index in [-0.39, 0.29) is 11.2 Å². The number of benzene rings is 1. The third kappa shape index (κ3) is 5.54. The molecule has 1 aromatic heterocycles. The average molecular weight is 360 g/mol. The van der Waals surface area contributed by atoms with Gasteiger partial charge in [0, 0.05) is 31.5 Å². The molecule has 2 rings (SSSR count). The Kier molecular flexibility index (Phi) is 7.12. The zero-order valence-electron chi connectivity index (χ0n) is 16.1. The highest BCUT2D eigenvalue weighted by Gasteiger charge is 2.21. The number of halogens is 1. The molecule has 0 saturated carbocycles. The van der Waals surface area contributed by atoms with Gasteiger partial charge >= 0.3 is 0 Å². The van der Waals surface area contributed by atoms with E-state index >= 15 is 0 Å². The molecule has 6 nitrogen and oxygen atoms in total. The number of aromatic nitrogens is 3. The summed E-state index contributed by atoms with van der Waals surface area (Å²) in [5.74, 6) is 1.51. The van der Waals surface area contributed by atoms with Crippen molar-refractivity contribution in [3.05, 3.63) is 47.8 Å². The largest absolute Gasteiger partial charge is 0.357 e. The van der Waals surface area contributed by atoms with Gasteiger partial charge in [0.1, 0.15) is 18.0 Å². The first-order valence-electron chi connectivity index (χ1n) is 9.11. The number of guanidine groups is 1. The Bertz CT molecular complexity index is 722. The lowest BCUT2D eigenvalue weighted by atomic mass is 9.85. The maximum Gasteiger partial charge on any atom is 0.191 e. The first-order valence-corrected chi connectivity index (χ1v) is 9.11. The van der Waals surface area contributed by atoms with Crippen LogP contribution in [-0.4, -0.2) is 40.4 Å². The van der Waals surface area contributed by atoms with Crippen LogP contribution < -0.4 is 10.6 Å². The van der Waals surface area contributed by atoms with Crippen LogP contribution >= 0.6 is 0 Å². The molecule has 0 spiro atoms. The minimum Gasteiger partial charge on any atom is -0.357 e. The van der Waals surface area contributed by atoms with Crippen molar-refractivity contribution in [2.75, 3.05) is 19.6 Å². The summed E-state index contributed by atoms with van der Waals surface area (Å²) < 4.78 is 15.5. The van der Waals surface area contributed by atoms with Crippen LogP contribution in [0.1, 0.15) is 39.1 Å². The molecule has 2 N–H and O–H groups in total. The Morgan fingerprint density at radius 3 is 2.77 bits per heavy atom. The van der Waals surface area contributed by atoms with Crippen LogP contribution in [0.4, 0.5) is 4.39 Å². The van der Waals surface area contributed by atoms with Gasteiger partial charge in [-0.25, -0.2) is 4.39 Å². The maximum absolute atomic E-state index is 13.5. The molecule has 0 atom stereocenters. The Balaban J connectivity index is 1.97. The number of hydrogen-bond donors (Lipinski definition) is 2. The summed E-state index contributed by atoms with van der Waals surface area (Å²) in [5.41, 5.74) is 0.683. The van der Waals surface area contributed by atoms with Crippen LogP contribution in [0.25, 0.3) is 0 Å². The van der Waals surface area contributed by atoms with Crippen LogP contribution in [0.3, 0.4) is 0 Å². The Morgan fingerprint density at radius 2 is 2.08 bits per heavy atom. The highest BCUT2D eigenvalue weighted by molar-refractivity contribution is 5.79. The standard InChI is InChI=1S/C19H29FN6/c1-5-17-25-24-14-26(17)11-10-22-18(21-6-2)23-13-19(3,4)15-8-7-9-16(20)12-15/h7-9,12,14H,5-6,10-11,13H2,1-4H3,(H2,21,22,23). The van der Waals surface area contributed by atoms with E-state index in [1.165, 1.54) is 6.07 Å². The van der Waals surface area contributed by atoms with Gasteiger partial charge in [0.05, 0.1) is 6.54 Å². The van der Waals surface area contributed by atoms with Crippen LogP contribution in [0.2, 0.25) is 0 Å². The highest BCUT2D eigenvalue weighted by Crippen LogP contribution is 2.24. The van der Waals surface area contributed by atoms with Crippen molar-refractivity contribution in [1.82, 2.24) is 25.4 Å². The normalized spacial score (nSPS) is 12.3. The van der Waals surface area contributed by atoms with Crippen molar-refractivity contribution in [3.8, 4) is 0 Å². The summed E-state index contributed by atoms with van der Waals surface area (Å²) in [4.78, 5) is 4.68. The van der Waals surface area contributed by atoms with E-state index in [0.29, 0.717) is 6.54 Å². The molecule has 142 valence electrons. The number of aryl methyl sites for hydroxylation is 1. The van der Waals surface area contributed by atoms with E-state index < -0.39 is 0 Å². The topological polar surface area (TPSA) is 67.1 Å². The quantitative estimate of drug-likeness (QED) is 0.561. The highest BCUT2D eigenvalue weighted by atomic mass is 19.1. The lowest BCUT2D eigenvalue weighted by Gasteiger charge is -2.24. The number of aliphatic imine (C=N–C) groups is 1. The van der Waals surface area contributed by atoms with Gasteiger partial charge in [-0.15, -0.1) is 10.2 Å². The van der Waals surface area contributed by atoms with Gasteiger partial charge in [0.15, 0.2) is 5.96 Å². The van der Waals surface area contributed by atoms with Gasteiger partial charge in [0.2, 0.25) is 0 Å². The SMILES string of the molecule is CCNC(=NCC(C)(C)c1cccc(F)c1)NCCn1cnnc1CC. The van der Waals surface area contributed by atoms with E-state index in [4.69, 9.17) is 0 Å². The fraction of sp³-hybridized carbons (Fsp3) is 0.526. The van der Waals surface area contributed by atoms with E-state index in [0.717, 1.165) is 43.4 Å². The van der Waals surface area contributed by atoms with Crippen molar-refractivity contribution in [2.24, 2.45) is 4.99 Å². The maximum atomic E-state index is 13.5. The fourth-order valence-corrected chi connectivity index (χ4v) is 2.65. The minimum atomic E-state index is -0.256. The predicted molar refractivity (Wildman–Crippen MR) is 103 cm³/mol. The molecule has 1 aromatic carbocycles. The summed E-state index contributed by atoms with van der Waals surface area (Å²) in [5, 5.41) is 14.6. The molecule has 0 saturated heterocycles. The van der Waals surface area contributed by atoms with Crippen molar-refractivity contribution < 1.29 is 4.39 Å². The van der Waals surface area contributed by atoms with Crippen molar-refractivity contribution >= 4 is 5.96 Å². The van der Waals surface area contributed by atoms with Crippen molar-refractivity contribution in [2.45, 2.75) is 46.1 Å². The van der Waals surface area contributed by atoms with Crippen LogP contribution in [0.5, 0.6) is 0 Å². The molecular formula is C19H29FN6. The molecule has 0 aliphatic heterocycles. The van der Waals surface area contributed by atoms with Gasteiger partial charge < -0.3 is 15.2 Å². The molecule has 26 heavy (non-hydrogen) atoms. The summed E-state index contributed by atoms with van der Waals surface area (Å²) >= 11 is 0. The number of nitrogens with zero attached hydrogens (tertiary/aromatic N) is 4. The predicted octanol–water partition coefficient (Wildman–Crippen LogP) is 2.51. The molecule has 0 aliphatic rings. The number of hydrogen-bond acceptors (Lipinski definition) is 3. The first-order chi connectivity index (χ1) is 12.5. The monoisotopic (exact) mass is 360 g/mol. The molecule has 0 fully saturated rings. The minimum absolute atomic E-state index is 0.217. The molecule has 0 amide bonds. The average Bonchev–Trinajstić information content (AvgIpc) is 3.07. The molecule has 0 bridgehead atoms. The number of nitrogens with one attached hydrogen (secondary N) is 2. The summed E-state index contributed by atoms with van der Waals surface area (Å²) in [6, 6.07) is 6.72. The Morgan fingerprint density at radius 1 is 1.27 bits per heavy atom. The van der Waals surface area contributed by atoms with Gasteiger partial charge in [0.25, 0.3) is 0 Å². The van der Waals surface area contributed by atoms with Crippen LogP contribution in [0, 0.1) is 5.82 Å². The van der Waals surface area contributed by atoms with Gasteiger partial charge in [-0.2, -0.15) is 0 Å². The molecule has 7 heteroatoms. The second kappa shape index (κ2) is 9.31. The van der Waals surface area contributed by atoms with Gasteiger partial charge in [-0.05, 0) is 24.6 Å². The van der Waals surface area contributed by atoms with Gasteiger partial charge in [-0.3, -0.25) is 4.99 Å². The van der Waals surface area contributed by atoms with E-state index in [1.807, 2.05) is 17.6 Å². The summed E-state index contributed by atoms with van der Waals surface area (Å²) in [7, 11) is 0. The van der Waals surface area contributed by atoms with Crippen LogP contribution in [0.15, 0.2) is 35.6 Å². The van der Waals surface area contributed by atoms with E-state index in [1.54, 1.807) is 18.5 Å². The summed E-state index contributed by atoms with van der Waals surface area (Å²) in [6.45, 7) is 11.1. The fourth-order valence-electron chi connectivity index (χ4n) is 2.65. The summed E-state index contributed by atoms with van der Waals surface area (Å²) in [6.07, 6.45) is 2.60. The molecule has 0 aliphatic carbocycles. The zero-order valence-corrected chi connectivity index (χ0v) is 16.1. The Hall–Kier alpha value is -2.44. The molecule has 0 unspecified atom stereocenters. The first kappa shape index (κ1) is 19.9. The van der Waals surface area contributed by atoms with E-state index in [2.05, 4.69) is 46.6 Å². The van der Waals surface area contributed by atoms with Crippen molar-refractivity contribution in [1.29, 1.82) is 0 Å². The zero-order chi connectivity index (χ0) is 19.0.